The first-order chi connectivity index (χ1) is 12.5. The Kier molecular flexibility index (Phi) is 4.49. The van der Waals surface area contributed by atoms with Crippen LogP contribution in [0.3, 0.4) is 0 Å². The quantitative estimate of drug-likeness (QED) is 0.615. The van der Waals surface area contributed by atoms with Crippen molar-refractivity contribution in [3.05, 3.63) is 63.7 Å². The number of aryl methyl sites for hydroxylation is 2. The van der Waals surface area contributed by atoms with Gasteiger partial charge in [0.05, 0.1) is 11.4 Å². The molecular formula is C22H24ClN3. The first-order valence-electron chi connectivity index (χ1n) is 9.24. The van der Waals surface area contributed by atoms with Gasteiger partial charge in [-0.25, -0.2) is 4.68 Å². The number of benzene rings is 2. The van der Waals surface area contributed by atoms with Crippen LogP contribution in [0.1, 0.15) is 35.1 Å². The van der Waals surface area contributed by atoms with Gasteiger partial charge in [-0.1, -0.05) is 34.9 Å². The van der Waals surface area contributed by atoms with Crippen molar-refractivity contribution in [3.8, 4) is 16.9 Å². The molecular weight excluding hydrogens is 342 g/mol. The van der Waals surface area contributed by atoms with Crippen molar-refractivity contribution in [2.45, 2.75) is 40.0 Å². The lowest BCUT2D eigenvalue weighted by Crippen LogP contribution is -2.08. The molecule has 3 aromatic rings. The Bertz CT molecular complexity index is 952. The molecule has 0 unspecified atom stereocenters. The normalized spacial score (nSPS) is 13.8. The summed E-state index contributed by atoms with van der Waals surface area (Å²) in [5.41, 5.74) is 8.22. The van der Waals surface area contributed by atoms with Crippen LogP contribution in [0.2, 0.25) is 5.02 Å². The second-order valence-corrected chi connectivity index (χ2v) is 7.64. The van der Waals surface area contributed by atoms with E-state index in [1.807, 2.05) is 12.1 Å². The average molecular weight is 366 g/mol. The van der Waals surface area contributed by atoms with Gasteiger partial charge in [0.15, 0.2) is 0 Å². The van der Waals surface area contributed by atoms with Crippen molar-refractivity contribution in [3.63, 3.8) is 0 Å². The Labute approximate surface area is 160 Å². The van der Waals surface area contributed by atoms with Crippen LogP contribution < -0.4 is 5.32 Å². The molecule has 0 amide bonds. The summed E-state index contributed by atoms with van der Waals surface area (Å²) in [5.74, 6) is 1.11. The molecule has 26 heavy (non-hydrogen) atoms. The van der Waals surface area contributed by atoms with Crippen LogP contribution in [0.25, 0.3) is 16.9 Å². The van der Waals surface area contributed by atoms with E-state index < -0.39 is 0 Å². The SMILES string of the molecule is Cc1cc(C)cc(-c2nn(-c3cccc(Cl)c3C)c3c2CCCCN3)c1. The number of hydrogen-bond donors (Lipinski definition) is 1. The first kappa shape index (κ1) is 17.2. The van der Waals surface area contributed by atoms with Crippen LogP contribution in [0.15, 0.2) is 36.4 Å². The van der Waals surface area contributed by atoms with Gasteiger partial charge in [-0.05, 0) is 69.9 Å². The summed E-state index contributed by atoms with van der Waals surface area (Å²) in [5, 5.41) is 9.44. The van der Waals surface area contributed by atoms with Gasteiger partial charge in [-0.15, -0.1) is 0 Å². The van der Waals surface area contributed by atoms with E-state index in [4.69, 9.17) is 16.7 Å². The molecule has 4 rings (SSSR count). The fourth-order valence-electron chi connectivity index (χ4n) is 3.85. The molecule has 0 spiro atoms. The largest absolute Gasteiger partial charge is 0.370 e. The van der Waals surface area contributed by atoms with Gasteiger partial charge in [0.2, 0.25) is 0 Å². The van der Waals surface area contributed by atoms with E-state index in [9.17, 15) is 0 Å². The number of nitrogens with zero attached hydrogens (tertiary/aromatic N) is 2. The third-order valence-electron chi connectivity index (χ3n) is 5.09. The summed E-state index contributed by atoms with van der Waals surface area (Å²) >= 11 is 6.38. The number of nitrogens with one attached hydrogen (secondary N) is 1. The molecule has 0 bridgehead atoms. The highest BCUT2D eigenvalue weighted by Crippen LogP contribution is 2.36. The van der Waals surface area contributed by atoms with Crippen molar-refractivity contribution in [2.24, 2.45) is 0 Å². The van der Waals surface area contributed by atoms with Gasteiger partial charge < -0.3 is 5.32 Å². The molecule has 1 aliphatic rings. The summed E-state index contributed by atoms with van der Waals surface area (Å²) in [4.78, 5) is 0. The monoisotopic (exact) mass is 365 g/mol. The van der Waals surface area contributed by atoms with Crippen LogP contribution in [0.5, 0.6) is 0 Å². The summed E-state index contributed by atoms with van der Waals surface area (Å²) in [7, 11) is 0. The third-order valence-corrected chi connectivity index (χ3v) is 5.50. The van der Waals surface area contributed by atoms with Crippen molar-refractivity contribution in [1.82, 2.24) is 9.78 Å². The minimum absolute atomic E-state index is 0.772. The van der Waals surface area contributed by atoms with Crippen molar-refractivity contribution in [1.29, 1.82) is 0 Å². The Balaban J connectivity index is 1.96. The fourth-order valence-corrected chi connectivity index (χ4v) is 4.02. The average Bonchev–Trinajstić information content (AvgIpc) is 2.78. The number of halogens is 1. The van der Waals surface area contributed by atoms with Gasteiger partial charge in [0, 0.05) is 22.7 Å². The highest BCUT2D eigenvalue weighted by molar-refractivity contribution is 6.31. The van der Waals surface area contributed by atoms with Crippen LogP contribution >= 0.6 is 11.6 Å². The minimum atomic E-state index is 0.772. The standard InChI is InChI=1S/C22H24ClN3/c1-14-11-15(2)13-17(12-14)21-18-7-4-5-10-24-22(18)26(25-21)20-9-6-8-19(23)16(20)3/h6,8-9,11-13,24H,4-5,7,10H2,1-3H3. The highest BCUT2D eigenvalue weighted by atomic mass is 35.5. The van der Waals surface area contributed by atoms with Crippen molar-refractivity contribution < 1.29 is 0 Å². The summed E-state index contributed by atoms with van der Waals surface area (Å²) in [6.45, 7) is 7.32. The second-order valence-electron chi connectivity index (χ2n) is 7.23. The topological polar surface area (TPSA) is 29.9 Å². The molecule has 1 N–H and O–H groups in total. The summed E-state index contributed by atoms with van der Waals surface area (Å²) in [6, 6.07) is 12.7. The molecule has 0 saturated heterocycles. The predicted molar refractivity (Wildman–Crippen MR) is 110 cm³/mol. The van der Waals surface area contributed by atoms with Gasteiger partial charge in [0.1, 0.15) is 5.82 Å². The van der Waals surface area contributed by atoms with Gasteiger partial charge in [-0.3, -0.25) is 0 Å². The highest BCUT2D eigenvalue weighted by Gasteiger charge is 2.22. The van der Waals surface area contributed by atoms with Gasteiger partial charge >= 0.3 is 0 Å². The lowest BCUT2D eigenvalue weighted by molar-refractivity contribution is 0.779. The molecule has 4 heteroatoms. The van der Waals surface area contributed by atoms with Gasteiger partial charge in [-0.2, -0.15) is 5.10 Å². The number of rotatable bonds is 2. The zero-order valence-corrected chi connectivity index (χ0v) is 16.3. The van der Waals surface area contributed by atoms with E-state index in [1.54, 1.807) is 0 Å². The minimum Gasteiger partial charge on any atom is -0.370 e. The molecule has 2 aromatic carbocycles. The van der Waals surface area contributed by atoms with E-state index in [2.05, 4.69) is 55.0 Å². The smallest absolute Gasteiger partial charge is 0.133 e. The van der Waals surface area contributed by atoms with E-state index in [-0.39, 0.29) is 0 Å². The van der Waals surface area contributed by atoms with Crippen LogP contribution in [-0.4, -0.2) is 16.3 Å². The number of fused-ring (bicyclic) bond motifs is 1. The van der Waals surface area contributed by atoms with Crippen LogP contribution in [0.4, 0.5) is 5.82 Å². The van der Waals surface area contributed by atoms with E-state index in [1.165, 1.54) is 35.1 Å². The first-order valence-corrected chi connectivity index (χ1v) is 9.62. The van der Waals surface area contributed by atoms with Gasteiger partial charge in [0.25, 0.3) is 0 Å². The molecule has 3 nitrogen and oxygen atoms in total. The molecule has 0 saturated carbocycles. The van der Waals surface area contributed by atoms with Crippen LogP contribution in [0, 0.1) is 20.8 Å². The number of anilines is 1. The Hall–Kier alpha value is -2.26. The predicted octanol–water partition coefficient (Wildman–Crippen LogP) is 5.87. The van der Waals surface area contributed by atoms with Crippen LogP contribution in [-0.2, 0) is 6.42 Å². The molecule has 0 fully saturated rings. The van der Waals surface area contributed by atoms with E-state index >= 15 is 0 Å². The maximum Gasteiger partial charge on any atom is 0.133 e. The van der Waals surface area contributed by atoms with E-state index in [0.717, 1.165) is 40.8 Å². The summed E-state index contributed by atoms with van der Waals surface area (Å²) < 4.78 is 2.05. The zero-order valence-electron chi connectivity index (χ0n) is 15.6. The van der Waals surface area contributed by atoms with Crippen molar-refractivity contribution in [2.75, 3.05) is 11.9 Å². The molecule has 0 atom stereocenters. The molecule has 2 heterocycles. The molecule has 0 aliphatic carbocycles. The molecule has 0 radical (unpaired) electrons. The molecule has 1 aliphatic heterocycles. The maximum atomic E-state index is 6.38. The molecule has 134 valence electrons. The van der Waals surface area contributed by atoms with E-state index in [0.29, 0.717) is 0 Å². The summed E-state index contributed by atoms with van der Waals surface area (Å²) in [6.07, 6.45) is 3.40. The Morgan fingerprint density at radius 1 is 1.04 bits per heavy atom. The Morgan fingerprint density at radius 3 is 2.58 bits per heavy atom. The maximum absolute atomic E-state index is 6.38. The Morgan fingerprint density at radius 2 is 1.81 bits per heavy atom. The lowest BCUT2D eigenvalue weighted by Gasteiger charge is -2.12. The fraction of sp³-hybridized carbons (Fsp3) is 0.318. The number of aromatic nitrogens is 2. The number of hydrogen-bond acceptors (Lipinski definition) is 2. The lowest BCUT2D eigenvalue weighted by atomic mass is 10.00. The molecule has 1 aromatic heterocycles. The van der Waals surface area contributed by atoms with Crippen molar-refractivity contribution >= 4 is 17.4 Å². The zero-order chi connectivity index (χ0) is 18.3. The second kappa shape index (κ2) is 6.81. The third kappa shape index (κ3) is 3.01.